The smallest absolute Gasteiger partial charge is 0.308 e. The Morgan fingerprint density at radius 3 is 1.62 bits per heavy atom. The lowest BCUT2D eigenvalue weighted by Crippen LogP contribution is -2.02. The summed E-state index contributed by atoms with van der Waals surface area (Å²) in [5.74, 6) is 0.0888. The van der Waals surface area contributed by atoms with E-state index in [9.17, 15) is 19.8 Å². The van der Waals surface area contributed by atoms with E-state index >= 15 is 0 Å². The number of rotatable bonds is 5. The molecule has 0 saturated carbocycles. The number of ether oxygens (including phenoxy) is 4. The molecular weight excluding hydrogens is 440 g/mol. The quantitative estimate of drug-likeness (QED) is 0.317. The van der Waals surface area contributed by atoms with Crippen molar-refractivity contribution in [1.29, 1.82) is 0 Å². The molecule has 0 aliphatic rings. The first kappa shape index (κ1) is 22.7. The molecule has 0 heterocycles. The highest BCUT2D eigenvalue weighted by Gasteiger charge is 2.19. The van der Waals surface area contributed by atoms with Crippen LogP contribution in [0.1, 0.15) is 13.8 Å². The Kier molecular flexibility index (Phi) is 5.89. The second-order valence-electron chi connectivity index (χ2n) is 7.56. The second kappa shape index (κ2) is 8.82. The van der Waals surface area contributed by atoms with E-state index in [1.54, 1.807) is 30.3 Å². The van der Waals surface area contributed by atoms with Gasteiger partial charge in [0.2, 0.25) is 0 Å². The number of benzene rings is 4. The molecule has 4 rings (SSSR count). The van der Waals surface area contributed by atoms with Gasteiger partial charge >= 0.3 is 11.9 Å². The highest BCUT2D eigenvalue weighted by atomic mass is 16.5. The number of phenols is 2. The Hall–Kier alpha value is -4.46. The number of esters is 2. The lowest BCUT2D eigenvalue weighted by Gasteiger charge is -2.16. The van der Waals surface area contributed by atoms with E-state index in [1.807, 2.05) is 0 Å². The first-order chi connectivity index (χ1) is 16.2. The van der Waals surface area contributed by atoms with Gasteiger partial charge in [0, 0.05) is 24.6 Å². The summed E-state index contributed by atoms with van der Waals surface area (Å²) in [6.45, 7) is 2.57. The van der Waals surface area contributed by atoms with Gasteiger partial charge in [0.15, 0.2) is 0 Å². The van der Waals surface area contributed by atoms with Gasteiger partial charge in [0.25, 0.3) is 0 Å². The molecule has 0 fully saturated rings. The third-order valence-electron chi connectivity index (χ3n) is 5.31. The van der Waals surface area contributed by atoms with Gasteiger partial charge < -0.3 is 29.2 Å². The fourth-order valence-electron chi connectivity index (χ4n) is 3.96. The van der Waals surface area contributed by atoms with Crippen molar-refractivity contribution in [3.8, 4) is 45.6 Å². The molecule has 0 aliphatic heterocycles. The summed E-state index contributed by atoms with van der Waals surface area (Å²) in [5, 5.41) is 23.0. The van der Waals surface area contributed by atoms with Crippen LogP contribution in [0.5, 0.6) is 34.5 Å². The van der Waals surface area contributed by atoms with Crippen LogP contribution in [0.25, 0.3) is 32.7 Å². The molecule has 8 nitrogen and oxygen atoms in total. The van der Waals surface area contributed by atoms with E-state index in [1.165, 1.54) is 46.3 Å². The van der Waals surface area contributed by atoms with E-state index < -0.39 is 11.9 Å². The molecule has 0 atom stereocenters. The molecule has 0 radical (unpaired) electrons. The standard InChI is InChI=1S/C26H22O8/c1-13(27)33-21-6-5-19(29)25-17(21)10-16(12-24(25)32-4)15-9-18-22(34-14(2)28)7-8-23(31-3)26(18)20(30)11-15/h5-12,29-30H,1-4H3. The van der Waals surface area contributed by atoms with E-state index in [-0.39, 0.29) is 23.0 Å². The van der Waals surface area contributed by atoms with Gasteiger partial charge in [-0.25, -0.2) is 0 Å². The zero-order valence-electron chi connectivity index (χ0n) is 19.0. The number of fused-ring (bicyclic) bond motifs is 2. The third-order valence-corrected chi connectivity index (χ3v) is 5.31. The lowest BCUT2D eigenvalue weighted by atomic mass is 9.96. The number of phenolic OH excluding ortho intramolecular Hbond substituents is 2. The van der Waals surface area contributed by atoms with Crippen molar-refractivity contribution >= 4 is 33.5 Å². The van der Waals surface area contributed by atoms with Crippen molar-refractivity contribution in [2.75, 3.05) is 14.2 Å². The molecule has 4 aromatic rings. The minimum Gasteiger partial charge on any atom is -0.507 e. The zero-order chi connectivity index (χ0) is 24.6. The predicted octanol–water partition coefficient (Wildman–Crippen LogP) is 4.94. The summed E-state index contributed by atoms with van der Waals surface area (Å²) < 4.78 is 21.6. The Bertz CT molecular complexity index is 1460. The van der Waals surface area contributed by atoms with Crippen LogP contribution >= 0.6 is 0 Å². The van der Waals surface area contributed by atoms with E-state index in [0.29, 0.717) is 44.2 Å². The minimum absolute atomic E-state index is 0.0439. The van der Waals surface area contributed by atoms with Crippen LogP contribution in [0.15, 0.2) is 48.5 Å². The zero-order valence-corrected chi connectivity index (χ0v) is 19.0. The van der Waals surface area contributed by atoms with Gasteiger partial charge in [-0.05, 0) is 59.7 Å². The monoisotopic (exact) mass is 462 g/mol. The summed E-state index contributed by atoms with van der Waals surface area (Å²) >= 11 is 0. The van der Waals surface area contributed by atoms with Crippen molar-refractivity contribution in [2.24, 2.45) is 0 Å². The normalized spacial score (nSPS) is 10.8. The molecule has 4 aromatic carbocycles. The highest BCUT2D eigenvalue weighted by molar-refractivity contribution is 6.04. The number of carbonyl (C=O) groups is 2. The predicted molar refractivity (Wildman–Crippen MR) is 126 cm³/mol. The van der Waals surface area contributed by atoms with Crippen LogP contribution in [-0.4, -0.2) is 36.4 Å². The Balaban J connectivity index is 2.03. The molecule has 174 valence electrons. The molecule has 2 N–H and O–H groups in total. The van der Waals surface area contributed by atoms with Crippen LogP contribution in [0, 0.1) is 0 Å². The van der Waals surface area contributed by atoms with Gasteiger partial charge in [0.1, 0.15) is 34.5 Å². The number of hydrogen-bond donors (Lipinski definition) is 2. The van der Waals surface area contributed by atoms with Crippen molar-refractivity contribution in [2.45, 2.75) is 13.8 Å². The Morgan fingerprint density at radius 2 is 1.09 bits per heavy atom. The van der Waals surface area contributed by atoms with Crippen molar-refractivity contribution in [3.63, 3.8) is 0 Å². The van der Waals surface area contributed by atoms with Crippen molar-refractivity contribution in [3.05, 3.63) is 48.5 Å². The first-order valence-corrected chi connectivity index (χ1v) is 10.3. The SMILES string of the molecule is COc1ccc(OC(C)=O)c2cc(-c3cc(OC)c4c(O)ccc(OC(C)=O)c4c3)cc(O)c12. The molecule has 0 amide bonds. The van der Waals surface area contributed by atoms with Crippen molar-refractivity contribution < 1.29 is 38.7 Å². The van der Waals surface area contributed by atoms with Crippen LogP contribution in [-0.2, 0) is 9.59 Å². The summed E-state index contributed by atoms with van der Waals surface area (Å²) in [5.41, 5.74) is 1.15. The highest BCUT2D eigenvalue weighted by Crippen LogP contribution is 2.45. The van der Waals surface area contributed by atoms with Crippen LogP contribution in [0.4, 0.5) is 0 Å². The summed E-state index contributed by atoms with van der Waals surface area (Å²) in [4.78, 5) is 23.3. The average Bonchev–Trinajstić information content (AvgIpc) is 2.79. The van der Waals surface area contributed by atoms with Gasteiger partial charge in [-0.3, -0.25) is 9.59 Å². The Morgan fingerprint density at radius 1 is 0.618 bits per heavy atom. The largest absolute Gasteiger partial charge is 0.507 e. The average molecular weight is 462 g/mol. The van der Waals surface area contributed by atoms with Crippen LogP contribution in [0.3, 0.4) is 0 Å². The fraction of sp³-hybridized carbons (Fsp3) is 0.154. The third kappa shape index (κ3) is 4.01. The minimum atomic E-state index is -0.516. The Labute approximate surface area is 194 Å². The van der Waals surface area contributed by atoms with E-state index in [2.05, 4.69) is 0 Å². The number of hydrogen-bond acceptors (Lipinski definition) is 8. The number of aromatic hydroxyl groups is 2. The topological polar surface area (TPSA) is 112 Å². The molecule has 0 aromatic heterocycles. The van der Waals surface area contributed by atoms with Gasteiger partial charge in [0.05, 0.1) is 25.0 Å². The van der Waals surface area contributed by atoms with Gasteiger partial charge in [-0.2, -0.15) is 0 Å². The molecule has 0 saturated heterocycles. The molecule has 8 heteroatoms. The second-order valence-corrected chi connectivity index (χ2v) is 7.56. The first-order valence-electron chi connectivity index (χ1n) is 10.3. The van der Waals surface area contributed by atoms with E-state index in [0.717, 1.165) is 0 Å². The van der Waals surface area contributed by atoms with Crippen molar-refractivity contribution in [1.82, 2.24) is 0 Å². The van der Waals surface area contributed by atoms with Crippen LogP contribution < -0.4 is 18.9 Å². The number of methoxy groups -OCH3 is 2. The fourth-order valence-corrected chi connectivity index (χ4v) is 3.96. The molecular formula is C26H22O8. The molecule has 0 bridgehead atoms. The van der Waals surface area contributed by atoms with E-state index in [4.69, 9.17) is 18.9 Å². The summed E-state index contributed by atoms with van der Waals surface area (Å²) in [7, 11) is 2.93. The molecule has 0 aliphatic carbocycles. The maximum Gasteiger partial charge on any atom is 0.308 e. The lowest BCUT2D eigenvalue weighted by molar-refractivity contribution is -0.132. The molecule has 0 unspecified atom stereocenters. The molecule has 34 heavy (non-hydrogen) atoms. The van der Waals surface area contributed by atoms with Crippen LogP contribution in [0.2, 0.25) is 0 Å². The van der Waals surface area contributed by atoms with Gasteiger partial charge in [-0.15, -0.1) is 0 Å². The summed E-state index contributed by atoms with van der Waals surface area (Å²) in [6, 6.07) is 12.8. The maximum atomic E-state index is 11.6. The maximum absolute atomic E-state index is 11.6. The van der Waals surface area contributed by atoms with Gasteiger partial charge in [-0.1, -0.05) is 0 Å². The number of carbonyl (C=O) groups excluding carboxylic acids is 2. The summed E-state index contributed by atoms with van der Waals surface area (Å²) in [6.07, 6.45) is 0. The molecule has 0 spiro atoms.